The molecule has 0 saturated heterocycles. The molecule has 0 aromatic rings. The standard InChI is InChI=1S/C6H11IOSi/c1-4-9(5-2,6-7)8-3/h4-5H,1-2,6H2,3H3. The molecule has 0 N–H and O–H groups in total. The summed E-state index contributed by atoms with van der Waals surface area (Å²) in [5.74, 6) is 0. The zero-order valence-corrected chi connectivity index (χ0v) is 8.72. The minimum absolute atomic E-state index is 0.994. The molecule has 0 radical (unpaired) electrons. The van der Waals surface area contributed by atoms with Crippen molar-refractivity contribution >= 4 is 30.9 Å². The highest BCUT2D eigenvalue weighted by molar-refractivity contribution is 14.1. The molecule has 0 aromatic heterocycles. The predicted octanol–water partition coefficient (Wildman–Crippen LogP) is 2.00. The zero-order valence-electron chi connectivity index (χ0n) is 5.56. The summed E-state index contributed by atoms with van der Waals surface area (Å²) in [4.78, 5) is 0. The van der Waals surface area contributed by atoms with Crippen LogP contribution in [0, 0.1) is 0 Å². The molecule has 0 aliphatic heterocycles. The first-order valence-electron chi connectivity index (χ1n) is 2.63. The van der Waals surface area contributed by atoms with Crippen LogP contribution < -0.4 is 0 Å². The summed E-state index contributed by atoms with van der Waals surface area (Å²) in [6.45, 7) is 7.41. The van der Waals surface area contributed by atoms with Gasteiger partial charge in [0.15, 0.2) is 0 Å². The molecule has 0 heterocycles. The molecule has 0 bridgehead atoms. The normalized spacial score (nSPS) is 10.9. The van der Waals surface area contributed by atoms with Crippen LogP contribution in [0.3, 0.4) is 0 Å². The highest BCUT2D eigenvalue weighted by Crippen LogP contribution is 2.09. The first kappa shape index (κ1) is 9.39. The third kappa shape index (κ3) is 2.23. The quantitative estimate of drug-likeness (QED) is 0.423. The zero-order chi connectivity index (χ0) is 7.33. The summed E-state index contributed by atoms with van der Waals surface area (Å²) in [7, 11) is 0.0396. The molecule has 52 valence electrons. The van der Waals surface area contributed by atoms with Gasteiger partial charge in [-0.2, -0.15) is 0 Å². The number of hydrogen-bond donors (Lipinski definition) is 0. The van der Waals surface area contributed by atoms with Crippen molar-refractivity contribution in [3.63, 3.8) is 0 Å². The summed E-state index contributed by atoms with van der Waals surface area (Å²) in [5.41, 5.74) is 3.79. The molecule has 0 spiro atoms. The average Bonchev–Trinajstić information content (AvgIpc) is 1.95. The van der Waals surface area contributed by atoms with Crippen LogP contribution in [0.1, 0.15) is 0 Å². The third-order valence-corrected chi connectivity index (χ3v) is 7.42. The van der Waals surface area contributed by atoms with Crippen molar-refractivity contribution in [3.8, 4) is 0 Å². The molecular formula is C6H11IOSi. The molecule has 0 atom stereocenters. The van der Waals surface area contributed by atoms with Crippen molar-refractivity contribution in [1.29, 1.82) is 0 Å². The molecule has 0 aliphatic rings. The molecular weight excluding hydrogens is 243 g/mol. The van der Waals surface area contributed by atoms with Crippen LogP contribution in [0.4, 0.5) is 0 Å². The minimum Gasteiger partial charge on any atom is -0.411 e. The predicted molar refractivity (Wildman–Crippen MR) is 52.0 cm³/mol. The van der Waals surface area contributed by atoms with Gasteiger partial charge in [-0.05, 0) is 0 Å². The second-order valence-corrected chi connectivity index (χ2v) is 7.39. The van der Waals surface area contributed by atoms with E-state index in [1.54, 1.807) is 7.11 Å². The molecule has 0 saturated carbocycles. The van der Waals surface area contributed by atoms with E-state index in [0.29, 0.717) is 0 Å². The molecule has 0 fully saturated rings. The van der Waals surface area contributed by atoms with E-state index in [4.69, 9.17) is 4.43 Å². The Hall–Kier alpha value is 0.387. The highest BCUT2D eigenvalue weighted by atomic mass is 127. The topological polar surface area (TPSA) is 9.23 Å². The summed E-state index contributed by atoms with van der Waals surface area (Å²) in [5, 5.41) is 0. The Morgan fingerprint density at radius 1 is 1.56 bits per heavy atom. The highest BCUT2D eigenvalue weighted by Gasteiger charge is 2.23. The van der Waals surface area contributed by atoms with E-state index in [-0.39, 0.29) is 0 Å². The molecule has 0 aromatic carbocycles. The van der Waals surface area contributed by atoms with E-state index in [2.05, 4.69) is 35.7 Å². The van der Waals surface area contributed by atoms with Gasteiger partial charge in [0.1, 0.15) is 0 Å². The van der Waals surface area contributed by atoms with Crippen molar-refractivity contribution in [1.82, 2.24) is 0 Å². The number of hydrogen-bond acceptors (Lipinski definition) is 1. The van der Waals surface area contributed by atoms with Crippen molar-refractivity contribution in [2.24, 2.45) is 0 Å². The largest absolute Gasteiger partial charge is 0.411 e. The minimum atomic E-state index is -1.68. The lowest BCUT2D eigenvalue weighted by atomic mass is 11.2. The maximum atomic E-state index is 5.28. The van der Waals surface area contributed by atoms with Crippen LogP contribution in [0.2, 0.25) is 0 Å². The average molecular weight is 254 g/mol. The van der Waals surface area contributed by atoms with Crippen LogP contribution in [-0.4, -0.2) is 19.5 Å². The summed E-state index contributed by atoms with van der Waals surface area (Å²) in [6, 6.07) is 0. The molecule has 3 heteroatoms. The van der Waals surface area contributed by atoms with E-state index < -0.39 is 8.32 Å². The Morgan fingerprint density at radius 3 is 2.00 bits per heavy atom. The van der Waals surface area contributed by atoms with Gasteiger partial charge in [0, 0.05) is 11.2 Å². The fraction of sp³-hybridized carbons (Fsp3) is 0.333. The van der Waals surface area contributed by atoms with Crippen molar-refractivity contribution in [2.45, 2.75) is 0 Å². The molecule has 9 heavy (non-hydrogen) atoms. The fourth-order valence-corrected chi connectivity index (χ4v) is 4.04. The van der Waals surface area contributed by atoms with Crippen LogP contribution in [0.15, 0.2) is 24.6 Å². The molecule has 0 unspecified atom stereocenters. The maximum Gasteiger partial charge on any atom is 0.249 e. The number of halogens is 1. The van der Waals surface area contributed by atoms with Crippen LogP contribution in [0.5, 0.6) is 0 Å². The van der Waals surface area contributed by atoms with Gasteiger partial charge in [-0.15, -0.1) is 13.2 Å². The Bertz CT molecular complexity index is 99.6. The van der Waals surface area contributed by atoms with Crippen LogP contribution >= 0.6 is 22.6 Å². The SMILES string of the molecule is C=C[Si](C=C)(CI)OC. The summed E-state index contributed by atoms with van der Waals surface area (Å²) in [6.07, 6.45) is 0. The van der Waals surface area contributed by atoms with E-state index >= 15 is 0 Å². The molecule has 0 amide bonds. The van der Waals surface area contributed by atoms with Crippen LogP contribution in [0.25, 0.3) is 0 Å². The summed E-state index contributed by atoms with van der Waals surface area (Å²) < 4.78 is 6.28. The summed E-state index contributed by atoms with van der Waals surface area (Å²) >= 11 is 2.30. The number of rotatable bonds is 4. The van der Waals surface area contributed by atoms with Gasteiger partial charge >= 0.3 is 0 Å². The lowest BCUT2D eigenvalue weighted by Gasteiger charge is -2.17. The van der Waals surface area contributed by atoms with E-state index in [1.807, 2.05) is 11.4 Å². The van der Waals surface area contributed by atoms with E-state index in [0.717, 1.165) is 4.05 Å². The Labute approximate surface area is 71.1 Å². The fourth-order valence-electron chi connectivity index (χ4n) is 0.414. The lowest BCUT2D eigenvalue weighted by molar-refractivity contribution is 0.419. The lowest BCUT2D eigenvalue weighted by Crippen LogP contribution is -2.35. The van der Waals surface area contributed by atoms with Crippen molar-refractivity contribution in [2.75, 3.05) is 11.2 Å². The van der Waals surface area contributed by atoms with E-state index in [9.17, 15) is 0 Å². The monoisotopic (exact) mass is 254 g/mol. The van der Waals surface area contributed by atoms with Crippen LogP contribution in [-0.2, 0) is 4.43 Å². The maximum absolute atomic E-state index is 5.28. The van der Waals surface area contributed by atoms with Gasteiger partial charge in [-0.25, -0.2) is 0 Å². The molecule has 1 nitrogen and oxygen atoms in total. The molecule has 0 rings (SSSR count). The van der Waals surface area contributed by atoms with E-state index in [1.165, 1.54) is 0 Å². The van der Waals surface area contributed by atoms with Gasteiger partial charge in [0.2, 0.25) is 8.32 Å². The third-order valence-electron chi connectivity index (χ3n) is 1.28. The molecule has 0 aliphatic carbocycles. The first-order chi connectivity index (χ1) is 4.24. The number of alkyl halides is 1. The van der Waals surface area contributed by atoms with Gasteiger partial charge in [0.05, 0.1) is 0 Å². The van der Waals surface area contributed by atoms with Gasteiger partial charge < -0.3 is 4.43 Å². The Kier molecular flexibility index (Phi) is 4.42. The first-order valence-corrected chi connectivity index (χ1v) is 6.42. The Balaban J connectivity index is 4.15. The second kappa shape index (κ2) is 4.24. The van der Waals surface area contributed by atoms with Gasteiger partial charge in [-0.3, -0.25) is 0 Å². The van der Waals surface area contributed by atoms with Gasteiger partial charge in [0.25, 0.3) is 0 Å². The van der Waals surface area contributed by atoms with Gasteiger partial charge in [-0.1, -0.05) is 34.0 Å². The van der Waals surface area contributed by atoms with Crippen molar-refractivity contribution in [3.05, 3.63) is 24.6 Å². The Morgan fingerprint density at radius 2 is 2.00 bits per heavy atom. The smallest absolute Gasteiger partial charge is 0.249 e. The second-order valence-electron chi connectivity index (χ2n) is 1.70. The van der Waals surface area contributed by atoms with Crippen molar-refractivity contribution < 1.29 is 4.43 Å².